The van der Waals surface area contributed by atoms with Gasteiger partial charge < -0.3 is 10.6 Å². The summed E-state index contributed by atoms with van der Waals surface area (Å²) in [6.07, 6.45) is -4.64. The van der Waals surface area contributed by atoms with E-state index < -0.39 is 29.5 Å². The number of alkyl halides is 3. The number of amides is 3. The Labute approximate surface area is 217 Å². The van der Waals surface area contributed by atoms with Crippen molar-refractivity contribution in [2.45, 2.75) is 6.18 Å². The Bertz CT molecular complexity index is 1400. The lowest BCUT2D eigenvalue weighted by molar-refractivity contribution is -0.137. The number of para-hydroxylation sites is 1. The van der Waals surface area contributed by atoms with Gasteiger partial charge >= 0.3 is 6.18 Å². The molecule has 2 N–H and O–H groups in total. The summed E-state index contributed by atoms with van der Waals surface area (Å²) in [4.78, 5) is 38.8. The molecule has 1 aliphatic heterocycles. The largest absolute Gasteiger partial charge is 0.418 e. The highest BCUT2D eigenvalue weighted by molar-refractivity contribution is 6.53. The number of rotatable bonds is 5. The molecule has 0 radical (unpaired) electrons. The van der Waals surface area contributed by atoms with E-state index >= 15 is 0 Å². The Kier molecular flexibility index (Phi) is 6.99. The number of nitrogens with zero attached hydrogens (tertiary/aromatic N) is 1. The monoisotopic (exact) mass is 553 g/mol. The van der Waals surface area contributed by atoms with Gasteiger partial charge in [-0.1, -0.05) is 46.9 Å². The maximum Gasteiger partial charge on any atom is 0.418 e. The molecular formula is C24H13Cl3F3N3O3. The van der Waals surface area contributed by atoms with Crippen molar-refractivity contribution in [1.29, 1.82) is 0 Å². The van der Waals surface area contributed by atoms with Crippen molar-refractivity contribution in [3.8, 4) is 0 Å². The number of carbonyl (C=O) groups excluding carboxylic acids is 3. The van der Waals surface area contributed by atoms with Crippen LogP contribution in [-0.4, -0.2) is 17.7 Å². The van der Waals surface area contributed by atoms with E-state index in [0.717, 1.165) is 17.0 Å². The maximum atomic E-state index is 13.2. The van der Waals surface area contributed by atoms with Gasteiger partial charge in [-0.2, -0.15) is 13.2 Å². The Hall–Kier alpha value is -3.53. The highest BCUT2D eigenvalue weighted by Gasteiger charge is 2.39. The molecule has 184 valence electrons. The lowest BCUT2D eigenvalue weighted by Crippen LogP contribution is -2.32. The number of benzene rings is 3. The van der Waals surface area contributed by atoms with Gasteiger partial charge in [-0.05, 0) is 54.6 Å². The van der Waals surface area contributed by atoms with E-state index in [1.807, 2.05) is 0 Å². The third kappa shape index (κ3) is 5.18. The van der Waals surface area contributed by atoms with Crippen LogP contribution in [0.15, 0.2) is 77.5 Å². The van der Waals surface area contributed by atoms with Crippen LogP contribution in [0.1, 0.15) is 15.9 Å². The second-order valence-electron chi connectivity index (χ2n) is 7.46. The summed E-state index contributed by atoms with van der Waals surface area (Å²) in [6, 6.07) is 14.2. The average molecular weight is 555 g/mol. The van der Waals surface area contributed by atoms with E-state index in [9.17, 15) is 27.6 Å². The molecule has 1 aliphatic rings. The standard InChI is InChI=1S/C24H13Cl3F3N3O3/c25-13-9-14(26)11-16(10-13)33-22(35)19(27)20(23(33)36)31-15-7-5-12(6-8-15)21(34)32-18-4-2-1-3-17(18)24(28,29)30/h1-11,31H,(H,32,34). The van der Waals surface area contributed by atoms with E-state index in [-0.39, 0.29) is 37.7 Å². The Morgan fingerprint density at radius 1 is 0.833 bits per heavy atom. The van der Waals surface area contributed by atoms with Gasteiger partial charge in [0, 0.05) is 21.3 Å². The topological polar surface area (TPSA) is 78.5 Å². The van der Waals surface area contributed by atoms with Crippen molar-refractivity contribution in [1.82, 2.24) is 0 Å². The average Bonchev–Trinajstić information content (AvgIpc) is 3.01. The third-order valence-corrected chi connectivity index (χ3v) is 5.82. The zero-order chi connectivity index (χ0) is 26.2. The molecular weight excluding hydrogens is 542 g/mol. The van der Waals surface area contributed by atoms with E-state index in [1.54, 1.807) is 0 Å². The van der Waals surface area contributed by atoms with Crippen LogP contribution >= 0.6 is 34.8 Å². The van der Waals surface area contributed by atoms with Crippen molar-refractivity contribution in [2.75, 3.05) is 15.5 Å². The van der Waals surface area contributed by atoms with Crippen LogP contribution in [0, 0.1) is 0 Å². The van der Waals surface area contributed by atoms with Gasteiger partial charge in [-0.3, -0.25) is 14.4 Å². The van der Waals surface area contributed by atoms with Gasteiger partial charge in [-0.15, -0.1) is 0 Å². The maximum absolute atomic E-state index is 13.2. The van der Waals surface area contributed by atoms with Gasteiger partial charge in [0.1, 0.15) is 10.7 Å². The fourth-order valence-corrected chi connectivity index (χ4v) is 4.12. The van der Waals surface area contributed by atoms with E-state index in [2.05, 4.69) is 10.6 Å². The second kappa shape index (κ2) is 9.85. The smallest absolute Gasteiger partial charge is 0.350 e. The van der Waals surface area contributed by atoms with Crippen LogP contribution < -0.4 is 15.5 Å². The Balaban J connectivity index is 1.50. The van der Waals surface area contributed by atoms with Crippen LogP contribution in [0.3, 0.4) is 0 Å². The highest BCUT2D eigenvalue weighted by atomic mass is 35.5. The van der Waals surface area contributed by atoms with E-state index in [1.165, 1.54) is 54.6 Å². The molecule has 0 fully saturated rings. The van der Waals surface area contributed by atoms with E-state index in [0.29, 0.717) is 5.69 Å². The van der Waals surface area contributed by atoms with Gasteiger partial charge in [0.15, 0.2) is 0 Å². The summed E-state index contributed by atoms with van der Waals surface area (Å²) in [6.45, 7) is 0. The summed E-state index contributed by atoms with van der Waals surface area (Å²) in [5, 5.41) is 5.02. The molecule has 3 aromatic rings. The zero-order valence-electron chi connectivity index (χ0n) is 17.8. The first-order valence-electron chi connectivity index (χ1n) is 10.0. The molecule has 36 heavy (non-hydrogen) atoms. The number of hydrogen-bond acceptors (Lipinski definition) is 4. The molecule has 0 aromatic heterocycles. The minimum Gasteiger partial charge on any atom is -0.350 e. The SMILES string of the molecule is O=C(Nc1ccccc1C(F)(F)F)c1ccc(NC2=C(Cl)C(=O)N(c3cc(Cl)cc(Cl)c3)C2=O)cc1. The predicted molar refractivity (Wildman–Crippen MR) is 131 cm³/mol. The van der Waals surface area contributed by atoms with Gasteiger partial charge in [0.05, 0.1) is 16.9 Å². The van der Waals surface area contributed by atoms with Gasteiger partial charge in [0.2, 0.25) is 0 Å². The molecule has 3 aromatic carbocycles. The van der Waals surface area contributed by atoms with Crippen LogP contribution in [0.4, 0.5) is 30.2 Å². The molecule has 0 spiro atoms. The van der Waals surface area contributed by atoms with Crippen molar-refractivity contribution >= 4 is 69.6 Å². The fraction of sp³-hybridized carbons (Fsp3) is 0.0417. The predicted octanol–water partition coefficient (Wildman–Crippen LogP) is 6.70. The first-order chi connectivity index (χ1) is 17.0. The van der Waals surface area contributed by atoms with Crippen LogP contribution in [0.5, 0.6) is 0 Å². The minimum absolute atomic E-state index is 0.0571. The molecule has 0 atom stereocenters. The molecule has 12 heteroatoms. The van der Waals surface area contributed by atoms with Crippen LogP contribution in [0.2, 0.25) is 10.0 Å². The Morgan fingerprint density at radius 2 is 1.44 bits per heavy atom. The molecule has 0 saturated heterocycles. The van der Waals surface area contributed by atoms with Crippen molar-refractivity contribution in [3.63, 3.8) is 0 Å². The number of nitrogens with one attached hydrogen (secondary N) is 2. The number of anilines is 3. The fourth-order valence-electron chi connectivity index (χ4n) is 3.40. The normalized spacial score (nSPS) is 13.9. The molecule has 6 nitrogen and oxygen atoms in total. The van der Waals surface area contributed by atoms with Crippen molar-refractivity contribution in [2.24, 2.45) is 0 Å². The summed E-state index contributed by atoms with van der Waals surface area (Å²) in [7, 11) is 0. The second-order valence-corrected chi connectivity index (χ2v) is 8.71. The Morgan fingerprint density at radius 3 is 2.06 bits per heavy atom. The van der Waals surface area contributed by atoms with Crippen LogP contribution in [-0.2, 0) is 15.8 Å². The number of hydrogen-bond donors (Lipinski definition) is 2. The van der Waals surface area contributed by atoms with Crippen LogP contribution in [0.25, 0.3) is 0 Å². The van der Waals surface area contributed by atoms with Gasteiger partial charge in [0.25, 0.3) is 17.7 Å². The quantitative estimate of drug-likeness (QED) is 0.344. The molecule has 0 aliphatic carbocycles. The zero-order valence-corrected chi connectivity index (χ0v) is 20.1. The first kappa shape index (κ1) is 25.6. The summed E-state index contributed by atoms with van der Waals surface area (Å²) < 4.78 is 39.5. The summed E-state index contributed by atoms with van der Waals surface area (Å²) in [5.74, 6) is -2.32. The molecule has 1 heterocycles. The molecule has 4 rings (SSSR count). The number of carbonyl (C=O) groups is 3. The third-order valence-electron chi connectivity index (χ3n) is 5.03. The lowest BCUT2D eigenvalue weighted by Gasteiger charge is -2.16. The molecule has 0 saturated carbocycles. The lowest BCUT2D eigenvalue weighted by atomic mass is 10.1. The van der Waals surface area contributed by atoms with Gasteiger partial charge in [-0.25, -0.2) is 4.90 Å². The first-order valence-corrected chi connectivity index (χ1v) is 11.2. The molecule has 0 unspecified atom stereocenters. The highest BCUT2D eigenvalue weighted by Crippen LogP contribution is 2.35. The summed E-state index contributed by atoms with van der Waals surface area (Å²) >= 11 is 18.0. The number of halogens is 6. The minimum atomic E-state index is -4.64. The number of imide groups is 1. The molecule has 3 amide bonds. The van der Waals surface area contributed by atoms with Crippen molar-refractivity contribution in [3.05, 3.63) is 98.6 Å². The van der Waals surface area contributed by atoms with Crippen molar-refractivity contribution < 1.29 is 27.6 Å². The molecule has 0 bridgehead atoms. The summed E-state index contributed by atoms with van der Waals surface area (Å²) in [5.41, 5.74) is -1.10. The van der Waals surface area contributed by atoms with E-state index in [4.69, 9.17) is 34.8 Å².